The summed E-state index contributed by atoms with van der Waals surface area (Å²) in [5.41, 5.74) is 4.54. The highest BCUT2D eigenvalue weighted by Gasteiger charge is 2.12. The van der Waals surface area contributed by atoms with Crippen LogP contribution >= 0.6 is 0 Å². The maximum atomic E-state index is 12.2. The first-order valence-electron chi connectivity index (χ1n) is 8.06. The van der Waals surface area contributed by atoms with Gasteiger partial charge in [0.25, 0.3) is 5.91 Å². The number of hydrazone groups is 1. The molecule has 0 saturated carbocycles. The molecule has 2 aromatic carbocycles. The molecule has 27 heavy (non-hydrogen) atoms. The number of hydrogen-bond donors (Lipinski definition) is 1. The van der Waals surface area contributed by atoms with E-state index in [0.29, 0.717) is 22.8 Å². The average molecular weight is 369 g/mol. The Morgan fingerprint density at radius 1 is 1.15 bits per heavy atom. The molecule has 1 N–H and O–H groups in total. The summed E-state index contributed by atoms with van der Waals surface area (Å²) in [6, 6.07) is 10.8. The normalized spacial score (nSPS) is 10.9. The molecule has 140 valence electrons. The van der Waals surface area contributed by atoms with Gasteiger partial charge in [0.05, 0.1) is 38.6 Å². The first-order chi connectivity index (χ1) is 13.2. The molecule has 0 fully saturated rings. The molecule has 1 heterocycles. The van der Waals surface area contributed by atoms with Crippen molar-refractivity contribution >= 4 is 23.2 Å². The number of fused-ring (bicyclic) bond motifs is 1. The van der Waals surface area contributed by atoms with E-state index in [1.807, 2.05) is 24.3 Å². The molecule has 3 rings (SSSR count). The predicted octanol–water partition coefficient (Wildman–Crippen LogP) is 1.61. The minimum atomic E-state index is -0.339. The second-order valence-electron chi connectivity index (χ2n) is 5.47. The molecule has 0 spiro atoms. The predicted molar refractivity (Wildman–Crippen MR) is 99.4 cm³/mol. The van der Waals surface area contributed by atoms with E-state index in [4.69, 9.17) is 14.2 Å². The van der Waals surface area contributed by atoms with Gasteiger partial charge in [-0.25, -0.2) is 10.1 Å². The van der Waals surface area contributed by atoms with Crippen molar-refractivity contribution in [1.29, 1.82) is 0 Å². The fourth-order valence-corrected chi connectivity index (χ4v) is 2.53. The highest BCUT2D eigenvalue weighted by atomic mass is 16.5. The van der Waals surface area contributed by atoms with Crippen LogP contribution in [0.15, 0.2) is 41.5 Å². The number of carbonyl (C=O) groups excluding carboxylic acids is 1. The molecule has 9 heteroatoms. The number of methoxy groups -OCH3 is 3. The summed E-state index contributed by atoms with van der Waals surface area (Å²) < 4.78 is 17.4. The Morgan fingerprint density at radius 2 is 1.85 bits per heavy atom. The van der Waals surface area contributed by atoms with Crippen molar-refractivity contribution in [3.8, 4) is 17.2 Å². The summed E-state index contributed by atoms with van der Waals surface area (Å²) in [7, 11) is 4.61. The minimum absolute atomic E-state index is 0.00522. The number of nitrogens with one attached hydrogen (secondary N) is 1. The zero-order valence-electron chi connectivity index (χ0n) is 15.2. The zero-order chi connectivity index (χ0) is 19.2. The van der Waals surface area contributed by atoms with Crippen molar-refractivity contribution in [2.75, 3.05) is 21.3 Å². The van der Waals surface area contributed by atoms with Crippen LogP contribution in [0, 0.1) is 0 Å². The van der Waals surface area contributed by atoms with Gasteiger partial charge in [-0.05, 0) is 12.1 Å². The lowest BCUT2D eigenvalue weighted by atomic mass is 10.2. The number of carbonyl (C=O) groups is 1. The van der Waals surface area contributed by atoms with Gasteiger partial charge >= 0.3 is 0 Å². The van der Waals surface area contributed by atoms with E-state index in [-0.39, 0.29) is 12.5 Å². The quantitative estimate of drug-likeness (QED) is 0.502. The number of benzene rings is 2. The molecule has 0 saturated heterocycles. The van der Waals surface area contributed by atoms with Gasteiger partial charge in [-0.2, -0.15) is 5.10 Å². The summed E-state index contributed by atoms with van der Waals surface area (Å²) >= 11 is 0. The third-order valence-electron chi connectivity index (χ3n) is 3.85. The maximum absolute atomic E-state index is 12.2. The topological polar surface area (TPSA) is 99.9 Å². The van der Waals surface area contributed by atoms with Crippen LogP contribution in [-0.2, 0) is 11.3 Å². The molecule has 0 aliphatic carbocycles. The van der Waals surface area contributed by atoms with E-state index in [2.05, 4.69) is 20.8 Å². The number of ether oxygens (including phenoxy) is 3. The Bertz CT molecular complexity index is 958. The van der Waals surface area contributed by atoms with Crippen molar-refractivity contribution < 1.29 is 19.0 Å². The van der Waals surface area contributed by atoms with Crippen molar-refractivity contribution in [2.45, 2.75) is 6.54 Å². The van der Waals surface area contributed by atoms with Gasteiger partial charge in [0.2, 0.25) is 0 Å². The number of para-hydroxylation sites is 1. The Balaban J connectivity index is 1.72. The number of nitrogens with zero attached hydrogens (tertiary/aromatic N) is 4. The molecule has 0 aliphatic heterocycles. The second kappa shape index (κ2) is 8.17. The van der Waals surface area contributed by atoms with E-state index in [0.717, 1.165) is 11.0 Å². The summed E-state index contributed by atoms with van der Waals surface area (Å²) in [5.74, 6) is 1.26. The lowest BCUT2D eigenvalue weighted by Crippen LogP contribution is -2.23. The van der Waals surface area contributed by atoms with Gasteiger partial charge in [0.15, 0.2) is 0 Å². The van der Waals surface area contributed by atoms with Crippen LogP contribution in [0.4, 0.5) is 0 Å². The first-order valence-corrected chi connectivity index (χ1v) is 8.06. The third-order valence-corrected chi connectivity index (χ3v) is 3.85. The van der Waals surface area contributed by atoms with Crippen LogP contribution in [0.2, 0.25) is 0 Å². The Kier molecular flexibility index (Phi) is 5.50. The Labute approximate surface area is 155 Å². The average Bonchev–Trinajstić information content (AvgIpc) is 3.10. The highest BCUT2D eigenvalue weighted by molar-refractivity contribution is 5.89. The molecule has 0 unspecified atom stereocenters. The van der Waals surface area contributed by atoms with Crippen LogP contribution < -0.4 is 19.6 Å². The van der Waals surface area contributed by atoms with Gasteiger partial charge in [-0.15, -0.1) is 5.10 Å². The van der Waals surface area contributed by atoms with Crippen LogP contribution in [0.3, 0.4) is 0 Å². The second-order valence-corrected chi connectivity index (χ2v) is 5.47. The molecule has 0 aliphatic rings. The van der Waals surface area contributed by atoms with Gasteiger partial charge in [0.1, 0.15) is 29.3 Å². The summed E-state index contributed by atoms with van der Waals surface area (Å²) in [6.07, 6.45) is 1.45. The van der Waals surface area contributed by atoms with Gasteiger partial charge < -0.3 is 14.2 Å². The lowest BCUT2D eigenvalue weighted by Gasteiger charge is -2.12. The molecule has 0 radical (unpaired) electrons. The van der Waals surface area contributed by atoms with Crippen molar-refractivity contribution in [2.24, 2.45) is 5.10 Å². The fourth-order valence-electron chi connectivity index (χ4n) is 2.53. The Hall–Kier alpha value is -3.62. The minimum Gasteiger partial charge on any atom is -0.496 e. The largest absolute Gasteiger partial charge is 0.496 e. The lowest BCUT2D eigenvalue weighted by molar-refractivity contribution is -0.121. The van der Waals surface area contributed by atoms with E-state index < -0.39 is 0 Å². The van der Waals surface area contributed by atoms with Gasteiger partial charge in [-0.1, -0.05) is 17.3 Å². The van der Waals surface area contributed by atoms with Gasteiger partial charge in [0, 0.05) is 12.1 Å². The highest BCUT2D eigenvalue weighted by Crippen LogP contribution is 2.32. The third kappa shape index (κ3) is 3.97. The zero-order valence-corrected chi connectivity index (χ0v) is 15.2. The number of hydrogen-bond acceptors (Lipinski definition) is 7. The van der Waals surface area contributed by atoms with E-state index >= 15 is 0 Å². The Morgan fingerprint density at radius 3 is 2.52 bits per heavy atom. The summed E-state index contributed by atoms with van der Waals surface area (Å²) in [6.45, 7) is -0.00522. The maximum Gasteiger partial charge on any atom is 0.261 e. The van der Waals surface area contributed by atoms with Crippen molar-refractivity contribution in [3.05, 3.63) is 42.0 Å². The monoisotopic (exact) mass is 369 g/mol. The van der Waals surface area contributed by atoms with E-state index in [9.17, 15) is 4.79 Å². The fraction of sp³-hybridized carbons (Fsp3) is 0.222. The smallest absolute Gasteiger partial charge is 0.261 e. The number of rotatable bonds is 7. The van der Waals surface area contributed by atoms with Gasteiger partial charge in [-0.3, -0.25) is 4.79 Å². The molecule has 1 amide bonds. The van der Waals surface area contributed by atoms with Crippen molar-refractivity contribution in [3.63, 3.8) is 0 Å². The van der Waals surface area contributed by atoms with Crippen LogP contribution in [0.25, 0.3) is 11.0 Å². The standard InChI is InChI=1S/C18H19N5O4/c1-25-12-8-16(26-2)13(17(9-12)27-3)10-19-21-18(24)11-23-15-7-5-4-6-14(15)20-22-23/h4-10H,11H2,1-3H3,(H,21,24)/b19-10+. The molecule has 3 aromatic rings. The molecule has 0 bridgehead atoms. The molecule has 9 nitrogen and oxygen atoms in total. The van der Waals surface area contributed by atoms with E-state index in [1.165, 1.54) is 25.1 Å². The number of aromatic nitrogens is 3. The molecular formula is C18H19N5O4. The number of amides is 1. The molecule has 1 aromatic heterocycles. The van der Waals surface area contributed by atoms with Crippen LogP contribution in [0.5, 0.6) is 17.2 Å². The van der Waals surface area contributed by atoms with Crippen LogP contribution in [-0.4, -0.2) is 48.4 Å². The summed E-state index contributed by atoms with van der Waals surface area (Å²) in [5, 5.41) is 12.0. The van der Waals surface area contributed by atoms with Crippen LogP contribution in [0.1, 0.15) is 5.56 Å². The first kappa shape index (κ1) is 18.2. The van der Waals surface area contributed by atoms with E-state index in [1.54, 1.807) is 19.2 Å². The SMILES string of the molecule is COc1cc(OC)c(/C=N/NC(=O)Cn2nnc3ccccc32)c(OC)c1. The summed E-state index contributed by atoms with van der Waals surface area (Å²) in [4.78, 5) is 12.2. The molecular weight excluding hydrogens is 350 g/mol. The molecule has 0 atom stereocenters. The van der Waals surface area contributed by atoms with Crippen molar-refractivity contribution in [1.82, 2.24) is 20.4 Å².